The van der Waals surface area contributed by atoms with E-state index in [1.807, 2.05) is 17.0 Å². The first-order chi connectivity index (χ1) is 10.1. The van der Waals surface area contributed by atoms with E-state index in [-0.39, 0.29) is 17.0 Å². The monoisotopic (exact) mass is 309 g/mol. The zero-order valence-corrected chi connectivity index (χ0v) is 13.7. The Hall–Kier alpha value is -1.03. The molecule has 0 N–H and O–H groups in total. The highest BCUT2D eigenvalue weighted by molar-refractivity contribution is 7.99. The molecule has 0 bridgehead atoms. The zero-order chi connectivity index (χ0) is 15.2. The molecule has 1 amide bonds. The number of hydrogen-bond acceptors (Lipinski definition) is 2. The Labute approximate surface area is 131 Å². The van der Waals surface area contributed by atoms with Crippen LogP contribution in [0.4, 0.5) is 4.39 Å². The van der Waals surface area contributed by atoms with Crippen molar-refractivity contribution in [2.45, 2.75) is 38.4 Å². The average Bonchev–Trinajstić information content (AvgIpc) is 2.73. The molecule has 1 aromatic carbocycles. The molecule has 0 aromatic heterocycles. The van der Waals surface area contributed by atoms with Crippen molar-refractivity contribution in [3.8, 4) is 0 Å². The maximum atomic E-state index is 13.9. The van der Waals surface area contributed by atoms with Crippen LogP contribution in [0, 0.1) is 11.7 Å². The van der Waals surface area contributed by atoms with Gasteiger partial charge in [-0.2, -0.15) is 11.8 Å². The standard InChI is InChI=1S/C17H24FNOS/c1-3-13(2)12-17(20)19-9-8-16(21-11-10-19)14-6-4-5-7-15(14)18/h4-7,13,16H,3,8-12H2,1-2H3. The van der Waals surface area contributed by atoms with E-state index in [0.29, 0.717) is 12.3 Å². The number of rotatable bonds is 4. The molecule has 0 spiro atoms. The van der Waals surface area contributed by atoms with E-state index < -0.39 is 0 Å². The largest absolute Gasteiger partial charge is 0.342 e. The van der Waals surface area contributed by atoms with Crippen molar-refractivity contribution >= 4 is 17.7 Å². The Balaban J connectivity index is 1.96. The second kappa shape index (κ2) is 7.83. The van der Waals surface area contributed by atoms with E-state index in [1.54, 1.807) is 17.8 Å². The lowest BCUT2D eigenvalue weighted by atomic mass is 10.0. The van der Waals surface area contributed by atoms with Crippen molar-refractivity contribution in [3.63, 3.8) is 0 Å². The molecule has 1 saturated heterocycles. The maximum Gasteiger partial charge on any atom is 0.222 e. The van der Waals surface area contributed by atoms with Gasteiger partial charge in [-0.05, 0) is 18.4 Å². The van der Waals surface area contributed by atoms with Gasteiger partial charge in [0.15, 0.2) is 0 Å². The molecule has 1 aliphatic rings. The predicted octanol–water partition coefficient (Wildman–Crippen LogP) is 4.27. The summed E-state index contributed by atoms with van der Waals surface area (Å²) in [6, 6.07) is 6.99. The lowest BCUT2D eigenvalue weighted by molar-refractivity contribution is -0.131. The first-order valence-electron chi connectivity index (χ1n) is 7.75. The molecule has 1 aromatic rings. The van der Waals surface area contributed by atoms with E-state index in [2.05, 4.69) is 13.8 Å². The molecule has 2 nitrogen and oxygen atoms in total. The zero-order valence-electron chi connectivity index (χ0n) is 12.8. The number of thioether (sulfide) groups is 1. The summed E-state index contributed by atoms with van der Waals surface area (Å²) in [6.45, 7) is 5.75. The normalized spacial score (nSPS) is 20.9. The summed E-state index contributed by atoms with van der Waals surface area (Å²) in [6.07, 6.45) is 2.50. The van der Waals surface area contributed by atoms with Crippen LogP contribution < -0.4 is 0 Å². The summed E-state index contributed by atoms with van der Waals surface area (Å²) in [7, 11) is 0. The Morgan fingerprint density at radius 2 is 2.19 bits per heavy atom. The highest BCUT2D eigenvalue weighted by Gasteiger charge is 2.24. The second-order valence-electron chi connectivity index (χ2n) is 5.77. The molecular formula is C17H24FNOS. The van der Waals surface area contributed by atoms with E-state index in [4.69, 9.17) is 0 Å². The summed E-state index contributed by atoms with van der Waals surface area (Å²) in [5.74, 6) is 1.44. The minimum atomic E-state index is -0.130. The minimum Gasteiger partial charge on any atom is -0.342 e. The number of carbonyl (C=O) groups is 1. The SMILES string of the molecule is CCC(C)CC(=O)N1CCSC(c2ccccc2F)CC1. The fourth-order valence-electron chi connectivity index (χ4n) is 2.58. The van der Waals surface area contributed by atoms with Gasteiger partial charge in [-0.15, -0.1) is 0 Å². The molecule has 0 radical (unpaired) electrons. The van der Waals surface area contributed by atoms with Gasteiger partial charge in [-0.25, -0.2) is 4.39 Å². The van der Waals surface area contributed by atoms with E-state index >= 15 is 0 Å². The van der Waals surface area contributed by atoms with Crippen molar-refractivity contribution < 1.29 is 9.18 Å². The fraction of sp³-hybridized carbons (Fsp3) is 0.588. The van der Waals surface area contributed by atoms with Crippen LogP contribution in [0.5, 0.6) is 0 Å². The van der Waals surface area contributed by atoms with Crippen LogP contribution >= 0.6 is 11.8 Å². The molecule has 21 heavy (non-hydrogen) atoms. The van der Waals surface area contributed by atoms with Crippen molar-refractivity contribution in [3.05, 3.63) is 35.6 Å². The third kappa shape index (κ3) is 4.47. The molecule has 116 valence electrons. The summed E-state index contributed by atoms with van der Waals surface area (Å²) in [5.41, 5.74) is 0.777. The lowest BCUT2D eigenvalue weighted by Gasteiger charge is -2.22. The summed E-state index contributed by atoms with van der Waals surface area (Å²) >= 11 is 1.76. The van der Waals surface area contributed by atoms with Crippen molar-refractivity contribution in [2.75, 3.05) is 18.8 Å². The molecule has 1 aliphatic heterocycles. The van der Waals surface area contributed by atoms with Gasteiger partial charge in [0.05, 0.1) is 0 Å². The first kappa shape index (κ1) is 16.3. The van der Waals surface area contributed by atoms with Crippen LogP contribution in [0.1, 0.15) is 43.9 Å². The van der Waals surface area contributed by atoms with Crippen molar-refractivity contribution in [1.29, 1.82) is 0 Å². The molecule has 4 heteroatoms. The van der Waals surface area contributed by atoms with Crippen LogP contribution in [0.3, 0.4) is 0 Å². The maximum absolute atomic E-state index is 13.9. The molecule has 1 heterocycles. The van der Waals surface area contributed by atoms with Gasteiger partial charge in [0, 0.05) is 36.1 Å². The quantitative estimate of drug-likeness (QED) is 0.828. The number of nitrogens with zero attached hydrogens (tertiary/aromatic N) is 1. The second-order valence-corrected chi connectivity index (χ2v) is 7.08. The van der Waals surface area contributed by atoms with Gasteiger partial charge in [-0.3, -0.25) is 4.79 Å². The van der Waals surface area contributed by atoms with Crippen LogP contribution in [0.2, 0.25) is 0 Å². The van der Waals surface area contributed by atoms with Crippen LogP contribution in [0.25, 0.3) is 0 Å². The molecule has 1 fully saturated rings. The van der Waals surface area contributed by atoms with E-state index in [0.717, 1.165) is 37.2 Å². The highest BCUT2D eigenvalue weighted by Crippen LogP contribution is 2.35. The summed E-state index contributed by atoms with van der Waals surface area (Å²) < 4.78 is 13.9. The lowest BCUT2D eigenvalue weighted by Crippen LogP contribution is -2.33. The number of hydrogen-bond donors (Lipinski definition) is 0. The summed E-state index contributed by atoms with van der Waals surface area (Å²) in [4.78, 5) is 14.2. The third-order valence-corrected chi connectivity index (χ3v) is 5.48. The predicted molar refractivity (Wildman–Crippen MR) is 86.9 cm³/mol. The van der Waals surface area contributed by atoms with Crippen molar-refractivity contribution in [2.24, 2.45) is 5.92 Å². The smallest absolute Gasteiger partial charge is 0.222 e. The van der Waals surface area contributed by atoms with Gasteiger partial charge in [0.1, 0.15) is 5.82 Å². The van der Waals surface area contributed by atoms with Gasteiger partial charge in [-0.1, -0.05) is 38.5 Å². The van der Waals surface area contributed by atoms with Gasteiger partial charge in [0.2, 0.25) is 5.91 Å². The fourth-order valence-corrected chi connectivity index (χ4v) is 3.83. The highest BCUT2D eigenvalue weighted by atomic mass is 32.2. The topological polar surface area (TPSA) is 20.3 Å². The molecule has 2 atom stereocenters. The molecule has 2 rings (SSSR count). The molecule has 0 aliphatic carbocycles. The number of halogens is 1. The Bertz CT molecular complexity index is 480. The Kier molecular flexibility index (Phi) is 6.09. The van der Waals surface area contributed by atoms with Crippen LogP contribution in [-0.4, -0.2) is 29.6 Å². The van der Waals surface area contributed by atoms with Gasteiger partial charge in [0.25, 0.3) is 0 Å². The summed E-state index contributed by atoms with van der Waals surface area (Å²) in [5, 5.41) is 0.160. The Morgan fingerprint density at radius 1 is 1.43 bits per heavy atom. The molecular weight excluding hydrogens is 285 g/mol. The third-order valence-electron chi connectivity index (χ3n) is 4.17. The van der Waals surface area contributed by atoms with E-state index in [1.165, 1.54) is 6.07 Å². The first-order valence-corrected chi connectivity index (χ1v) is 8.80. The van der Waals surface area contributed by atoms with Gasteiger partial charge >= 0.3 is 0 Å². The molecule has 0 saturated carbocycles. The number of carbonyl (C=O) groups excluding carboxylic acids is 1. The van der Waals surface area contributed by atoms with Gasteiger partial charge < -0.3 is 4.90 Å². The van der Waals surface area contributed by atoms with E-state index in [9.17, 15) is 9.18 Å². The minimum absolute atomic E-state index is 0.130. The van der Waals surface area contributed by atoms with Crippen LogP contribution in [0.15, 0.2) is 24.3 Å². The Morgan fingerprint density at radius 3 is 2.90 bits per heavy atom. The molecule has 2 unspecified atom stereocenters. The van der Waals surface area contributed by atoms with Crippen LogP contribution in [-0.2, 0) is 4.79 Å². The average molecular weight is 309 g/mol. The number of benzene rings is 1. The number of amides is 1. The van der Waals surface area contributed by atoms with Crippen molar-refractivity contribution in [1.82, 2.24) is 4.90 Å².